The average molecular weight is 218 g/mol. The maximum Gasteiger partial charge on any atom is 0.137 e. The minimum atomic E-state index is -0.128. The van der Waals surface area contributed by atoms with Gasteiger partial charge < -0.3 is 0 Å². The van der Waals surface area contributed by atoms with Crippen LogP contribution in [-0.4, -0.2) is 11.6 Å². The van der Waals surface area contributed by atoms with Crippen molar-refractivity contribution in [1.29, 1.82) is 0 Å². The van der Waals surface area contributed by atoms with Crippen molar-refractivity contribution in [3.05, 3.63) is 35.9 Å². The molecule has 0 amide bonds. The third-order valence-electron chi connectivity index (χ3n) is 2.80. The van der Waals surface area contributed by atoms with E-state index in [1.807, 2.05) is 37.3 Å². The summed E-state index contributed by atoms with van der Waals surface area (Å²) in [5.74, 6) is 0.231. The molecule has 2 heteroatoms. The second kappa shape index (κ2) is 6.21. The maximum absolute atomic E-state index is 11.5. The number of hydrogen-bond donors (Lipinski definition) is 0. The van der Waals surface area contributed by atoms with Crippen molar-refractivity contribution < 1.29 is 9.59 Å². The molecular weight excluding hydrogens is 200 g/mol. The SMILES string of the molecule is CCC(=O)CC[C@H](C(C)=O)c1ccccc1. The van der Waals surface area contributed by atoms with Crippen molar-refractivity contribution in [2.75, 3.05) is 0 Å². The molecule has 0 aromatic heterocycles. The van der Waals surface area contributed by atoms with Crippen LogP contribution in [0.3, 0.4) is 0 Å². The molecule has 86 valence electrons. The number of hydrogen-bond acceptors (Lipinski definition) is 2. The molecule has 0 aliphatic carbocycles. The van der Waals surface area contributed by atoms with Crippen LogP contribution in [0.1, 0.15) is 44.6 Å². The second-order valence-electron chi connectivity index (χ2n) is 4.00. The zero-order valence-electron chi connectivity index (χ0n) is 9.90. The first-order valence-corrected chi connectivity index (χ1v) is 5.72. The number of carbonyl (C=O) groups excluding carboxylic acids is 2. The van der Waals surface area contributed by atoms with Crippen LogP contribution in [0, 0.1) is 0 Å². The summed E-state index contributed by atoms with van der Waals surface area (Å²) in [5, 5.41) is 0. The first-order valence-electron chi connectivity index (χ1n) is 5.72. The standard InChI is InChI=1S/C14H18O2/c1-3-13(16)9-10-14(11(2)15)12-7-5-4-6-8-12/h4-8,14H,3,9-10H2,1-2H3/t14-/m1/s1. The Morgan fingerprint density at radius 1 is 1.19 bits per heavy atom. The van der Waals surface area contributed by atoms with Crippen LogP contribution in [0.25, 0.3) is 0 Å². The fourth-order valence-corrected chi connectivity index (χ4v) is 1.77. The minimum absolute atomic E-state index is 0.128. The second-order valence-corrected chi connectivity index (χ2v) is 4.00. The maximum atomic E-state index is 11.5. The number of benzene rings is 1. The van der Waals surface area contributed by atoms with Gasteiger partial charge in [-0.15, -0.1) is 0 Å². The molecule has 16 heavy (non-hydrogen) atoms. The zero-order valence-corrected chi connectivity index (χ0v) is 9.90. The van der Waals surface area contributed by atoms with E-state index in [0.29, 0.717) is 19.3 Å². The van der Waals surface area contributed by atoms with E-state index in [4.69, 9.17) is 0 Å². The summed E-state index contributed by atoms with van der Waals surface area (Å²) in [6.07, 6.45) is 1.68. The van der Waals surface area contributed by atoms with Crippen molar-refractivity contribution in [3.63, 3.8) is 0 Å². The molecule has 0 unspecified atom stereocenters. The van der Waals surface area contributed by atoms with E-state index >= 15 is 0 Å². The Hall–Kier alpha value is -1.44. The van der Waals surface area contributed by atoms with E-state index in [-0.39, 0.29) is 17.5 Å². The molecule has 0 aliphatic heterocycles. The topological polar surface area (TPSA) is 34.1 Å². The molecule has 0 bridgehead atoms. The predicted octanol–water partition coefficient (Wildman–Crippen LogP) is 3.12. The highest BCUT2D eigenvalue weighted by Gasteiger charge is 2.17. The number of rotatable bonds is 6. The van der Waals surface area contributed by atoms with Gasteiger partial charge in [-0.3, -0.25) is 9.59 Å². The number of Topliss-reactive ketones (excluding diaryl/α,β-unsaturated/α-hetero) is 2. The molecule has 0 aliphatic rings. The van der Waals surface area contributed by atoms with Crippen LogP contribution >= 0.6 is 0 Å². The summed E-state index contributed by atoms with van der Waals surface area (Å²) in [6, 6.07) is 9.67. The Bertz CT molecular complexity index is 354. The highest BCUT2D eigenvalue weighted by atomic mass is 16.1. The van der Waals surface area contributed by atoms with Crippen LogP contribution < -0.4 is 0 Å². The highest BCUT2D eigenvalue weighted by molar-refractivity contribution is 5.84. The Morgan fingerprint density at radius 3 is 2.31 bits per heavy atom. The minimum Gasteiger partial charge on any atom is -0.300 e. The zero-order chi connectivity index (χ0) is 12.0. The van der Waals surface area contributed by atoms with E-state index < -0.39 is 0 Å². The van der Waals surface area contributed by atoms with Gasteiger partial charge in [0.2, 0.25) is 0 Å². The van der Waals surface area contributed by atoms with Gasteiger partial charge in [0.25, 0.3) is 0 Å². The quantitative estimate of drug-likeness (QED) is 0.735. The molecule has 0 heterocycles. The van der Waals surface area contributed by atoms with E-state index in [2.05, 4.69) is 0 Å². The fourth-order valence-electron chi connectivity index (χ4n) is 1.77. The van der Waals surface area contributed by atoms with Gasteiger partial charge in [0, 0.05) is 18.8 Å². The molecular formula is C14H18O2. The van der Waals surface area contributed by atoms with E-state index in [9.17, 15) is 9.59 Å². The lowest BCUT2D eigenvalue weighted by Gasteiger charge is -2.13. The van der Waals surface area contributed by atoms with Crippen molar-refractivity contribution >= 4 is 11.6 Å². The van der Waals surface area contributed by atoms with E-state index in [1.165, 1.54) is 0 Å². The van der Waals surface area contributed by atoms with Gasteiger partial charge in [0.05, 0.1) is 0 Å². The Morgan fingerprint density at radius 2 is 1.81 bits per heavy atom. The monoisotopic (exact) mass is 218 g/mol. The molecule has 0 saturated carbocycles. The van der Waals surface area contributed by atoms with Crippen molar-refractivity contribution in [2.45, 2.75) is 39.0 Å². The first-order chi connectivity index (χ1) is 7.65. The van der Waals surface area contributed by atoms with Crippen molar-refractivity contribution in [1.82, 2.24) is 0 Å². The molecule has 2 nitrogen and oxygen atoms in total. The summed E-state index contributed by atoms with van der Waals surface area (Å²) in [4.78, 5) is 22.8. The van der Waals surface area contributed by atoms with Gasteiger partial charge >= 0.3 is 0 Å². The summed E-state index contributed by atoms with van der Waals surface area (Å²) >= 11 is 0. The van der Waals surface area contributed by atoms with E-state index in [0.717, 1.165) is 5.56 Å². The highest BCUT2D eigenvalue weighted by Crippen LogP contribution is 2.22. The molecule has 0 spiro atoms. The van der Waals surface area contributed by atoms with Crippen molar-refractivity contribution in [3.8, 4) is 0 Å². The van der Waals surface area contributed by atoms with Crippen LogP contribution in [0.4, 0.5) is 0 Å². The van der Waals surface area contributed by atoms with Crippen LogP contribution in [0.5, 0.6) is 0 Å². The summed E-state index contributed by atoms with van der Waals surface area (Å²) in [7, 11) is 0. The lowest BCUT2D eigenvalue weighted by atomic mass is 9.90. The van der Waals surface area contributed by atoms with Gasteiger partial charge in [0.1, 0.15) is 11.6 Å². The van der Waals surface area contributed by atoms with Gasteiger partial charge in [-0.2, -0.15) is 0 Å². The number of ketones is 2. The fraction of sp³-hybridized carbons (Fsp3) is 0.429. The average Bonchev–Trinajstić information content (AvgIpc) is 2.30. The number of carbonyl (C=O) groups is 2. The Labute approximate surface area is 96.7 Å². The van der Waals surface area contributed by atoms with Gasteiger partial charge in [-0.1, -0.05) is 37.3 Å². The molecule has 0 N–H and O–H groups in total. The molecule has 1 rings (SSSR count). The van der Waals surface area contributed by atoms with Crippen LogP contribution in [-0.2, 0) is 9.59 Å². The summed E-state index contributed by atoms with van der Waals surface area (Å²) in [6.45, 7) is 3.45. The smallest absolute Gasteiger partial charge is 0.137 e. The van der Waals surface area contributed by atoms with Gasteiger partial charge in [0.15, 0.2) is 0 Å². The normalized spacial score (nSPS) is 12.1. The lowest BCUT2D eigenvalue weighted by Crippen LogP contribution is -2.10. The summed E-state index contributed by atoms with van der Waals surface area (Å²) in [5.41, 5.74) is 1.01. The molecule has 0 fully saturated rings. The third-order valence-corrected chi connectivity index (χ3v) is 2.80. The third kappa shape index (κ3) is 3.61. The summed E-state index contributed by atoms with van der Waals surface area (Å²) < 4.78 is 0. The van der Waals surface area contributed by atoms with Gasteiger partial charge in [-0.05, 0) is 18.9 Å². The molecule has 0 saturated heterocycles. The van der Waals surface area contributed by atoms with Crippen LogP contribution in [0.2, 0.25) is 0 Å². The molecule has 1 aromatic rings. The molecule has 0 radical (unpaired) electrons. The molecule has 1 atom stereocenters. The molecule has 1 aromatic carbocycles. The predicted molar refractivity (Wildman–Crippen MR) is 64.4 cm³/mol. The Kier molecular flexibility index (Phi) is 4.90. The first kappa shape index (κ1) is 12.6. The lowest BCUT2D eigenvalue weighted by molar-refractivity contribution is -0.120. The van der Waals surface area contributed by atoms with E-state index in [1.54, 1.807) is 6.92 Å². The largest absolute Gasteiger partial charge is 0.300 e. The van der Waals surface area contributed by atoms with Crippen LogP contribution in [0.15, 0.2) is 30.3 Å². The Balaban J connectivity index is 2.69. The van der Waals surface area contributed by atoms with Crippen molar-refractivity contribution in [2.24, 2.45) is 0 Å². The van der Waals surface area contributed by atoms with Gasteiger partial charge in [-0.25, -0.2) is 0 Å².